The number of aryl methyl sites for hydroxylation is 1. The van der Waals surface area contributed by atoms with Gasteiger partial charge in [0.15, 0.2) is 11.6 Å². The first-order valence-electron chi connectivity index (χ1n) is 12.8. The quantitative estimate of drug-likeness (QED) is 0.639. The second-order valence-corrected chi connectivity index (χ2v) is 11.8. The van der Waals surface area contributed by atoms with Crippen molar-refractivity contribution in [2.24, 2.45) is 28.6 Å². The van der Waals surface area contributed by atoms with Crippen LogP contribution in [0.4, 0.5) is 0 Å². The zero-order valence-corrected chi connectivity index (χ0v) is 20.6. The molecule has 1 heterocycles. The summed E-state index contributed by atoms with van der Waals surface area (Å²) in [5.74, 6) is -1.83. The van der Waals surface area contributed by atoms with Crippen molar-refractivity contribution >= 4 is 11.6 Å². The fourth-order valence-corrected chi connectivity index (χ4v) is 8.60. The highest BCUT2D eigenvalue weighted by Gasteiger charge is 2.72. The van der Waals surface area contributed by atoms with Gasteiger partial charge in [-0.2, -0.15) is 0 Å². The summed E-state index contributed by atoms with van der Waals surface area (Å²) in [6.07, 6.45) is 8.08. The maximum atomic E-state index is 13.6. The number of carbonyl (C=O) groups excluding carboxylic acids is 2. The van der Waals surface area contributed by atoms with E-state index in [2.05, 4.69) is 13.8 Å². The molecule has 6 nitrogen and oxygen atoms in total. The van der Waals surface area contributed by atoms with E-state index in [0.717, 1.165) is 30.4 Å². The number of fused-ring (bicyclic) bond motifs is 6. The lowest BCUT2D eigenvalue weighted by molar-refractivity contribution is -0.427. The second kappa shape index (κ2) is 7.45. The van der Waals surface area contributed by atoms with Crippen molar-refractivity contribution < 1.29 is 29.3 Å². The fraction of sp³-hybridized carbons (Fsp3) is 0.586. The molecule has 0 bridgehead atoms. The molecule has 1 spiro atoms. The third kappa shape index (κ3) is 2.97. The number of carbonyl (C=O) groups is 2. The molecule has 186 valence electrons. The molecule has 5 aliphatic rings. The summed E-state index contributed by atoms with van der Waals surface area (Å²) in [7, 11) is 0. The zero-order valence-electron chi connectivity index (χ0n) is 20.6. The molecule has 6 rings (SSSR count). The van der Waals surface area contributed by atoms with Gasteiger partial charge in [0, 0.05) is 22.3 Å². The van der Waals surface area contributed by atoms with Gasteiger partial charge in [-0.1, -0.05) is 49.8 Å². The molecule has 8 atom stereocenters. The van der Waals surface area contributed by atoms with Crippen LogP contribution in [0.2, 0.25) is 0 Å². The number of aliphatic hydroxyl groups excluding tert-OH is 1. The van der Waals surface area contributed by atoms with Crippen LogP contribution in [0.25, 0.3) is 0 Å². The minimum atomic E-state index is -2.01. The molecule has 1 aromatic rings. The van der Waals surface area contributed by atoms with Crippen molar-refractivity contribution in [3.63, 3.8) is 0 Å². The number of hydrogen-bond acceptors (Lipinski definition) is 6. The Morgan fingerprint density at radius 2 is 1.89 bits per heavy atom. The molecular weight excluding hydrogens is 444 g/mol. The third-order valence-electron chi connectivity index (χ3n) is 10.3. The first kappa shape index (κ1) is 23.3. The normalized spacial score (nSPS) is 46.7. The van der Waals surface area contributed by atoms with E-state index in [9.17, 15) is 19.8 Å². The summed E-state index contributed by atoms with van der Waals surface area (Å²) in [6, 6.07) is 7.36. The predicted molar refractivity (Wildman–Crippen MR) is 128 cm³/mol. The Morgan fingerprint density at radius 3 is 2.66 bits per heavy atom. The number of ether oxygens (including phenoxy) is 2. The van der Waals surface area contributed by atoms with Gasteiger partial charge in [-0.3, -0.25) is 9.59 Å². The maximum absolute atomic E-state index is 13.6. The Balaban J connectivity index is 1.40. The van der Waals surface area contributed by atoms with E-state index in [1.54, 1.807) is 18.2 Å². The van der Waals surface area contributed by atoms with E-state index in [4.69, 9.17) is 9.47 Å². The maximum Gasteiger partial charge on any atom is 0.311 e. The smallest absolute Gasteiger partial charge is 0.311 e. The highest BCUT2D eigenvalue weighted by Crippen LogP contribution is 2.69. The summed E-state index contributed by atoms with van der Waals surface area (Å²) in [4.78, 5) is 25.6. The minimum Gasteiger partial charge on any atom is -0.393 e. The van der Waals surface area contributed by atoms with Crippen molar-refractivity contribution in [3.05, 3.63) is 59.2 Å². The third-order valence-corrected chi connectivity index (χ3v) is 10.3. The van der Waals surface area contributed by atoms with E-state index in [-0.39, 0.29) is 41.3 Å². The number of ketones is 2. The average Bonchev–Trinajstić information content (AvgIpc) is 3.09. The summed E-state index contributed by atoms with van der Waals surface area (Å²) < 4.78 is 12.1. The van der Waals surface area contributed by atoms with Crippen LogP contribution >= 0.6 is 0 Å². The lowest BCUT2D eigenvalue weighted by Gasteiger charge is -2.61. The van der Waals surface area contributed by atoms with Crippen LogP contribution < -0.4 is 0 Å². The fourth-order valence-electron chi connectivity index (χ4n) is 8.60. The van der Waals surface area contributed by atoms with E-state index < -0.39 is 23.1 Å². The van der Waals surface area contributed by atoms with Gasteiger partial charge >= 0.3 is 5.97 Å². The second-order valence-electron chi connectivity index (χ2n) is 11.8. The summed E-state index contributed by atoms with van der Waals surface area (Å²) in [6.45, 7) is 5.86. The lowest BCUT2D eigenvalue weighted by atomic mass is 9.46. The van der Waals surface area contributed by atoms with E-state index in [1.165, 1.54) is 0 Å². The summed E-state index contributed by atoms with van der Waals surface area (Å²) in [5.41, 5.74) is 0.196. The average molecular weight is 479 g/mol. The largest absolute Gasteiger partial charge is 0.393 e. The van der Waals surface area contributed by atoms with E-state index >= 15 is 0 Å². The molecular formula is C29H34O6. The molecule has 1 unspecified atom stereocenters. The number of rotatable bonds is 1. The molecule has 2 N–H and O–H groups in total. The summed E-state index contributed by atoms with van der Waals surface area (Å²) in [5, 5.41) is 23.3. The minimum absolute atomic E-state index is 0.0163. The van der Waals surface area contributed by atoms with Crippen LogP contribution in [0.3, 0.4) is 0 Å². The molecule has 35 heavy (non-hydrogen) atoms. The van der Waals surface area contributed by atoms with Gasteiger partial charge in [-0.05, 0) is 68.6 Å². The zero-order chi connectivity index (χ0) is 24.8. The molecule has 1 aromatic carbocycles. The van der Waals surface area contributed by atoms with Crippen LogP contribution in [-0.2, 0) is 25.0 Å². The van der Waals surface area contributed by atoms with Crippen molar-refractivity contribution in [3.8, 4) is 0 Å². The Labute approximate surface area is 206 Å². The first-order valence-corrected chi connectivity index (χ1v) is 12.8. The molecule has 0 radical (unpaired) electrons. The Kier molecular flexibility index (Phi) is 4.96. The Morgan fingerprint density at radius 1 is 1.11 bits per heavy atom. The van der Waals surface area contributed by atoms with Crippen molar-refractivity contribution in [2.45, 2.75) is 70.6 Å². The molecule has 1 saturated heterocycles. The van der Waals surface area contributed by atoms with Gasteiger partial charge in [0.25, 0.3) is 0 Å². The van der Waals surface area contributed by atoms with Crippen LogP contribution in [0.15, 0.2) is 48.1 Å². The molecule has 4 aliphatic carbocycles. The van der Waals surface area contributed by atoms with Gasteiger partial charge in [0.1, 0.15) is 12.2 Å². The predicted octanol–water partition coefficient (Wildman–Crippen LogP) is 3.73. The standard InChI is InChI=1S/C29H34O6/c1-17-6-4-5-7-21(17)29(33)34-16-24(32)28(35-29)13-11-22-20-9-8-18-14-19(30)10-12-26(18,2)25(20)23(31)15-27(22,28)3/h4-7,10,12,14,20,22-23,25,31,33H,8-9,11,13,15-16H2,1-3H3/t20-,22-,23-,25+,26-,27-,28-,29?/m0/s1. The van der Waals surface area contributed by atoms with Gasteiger partial charge < -0.3 is 19.7 Å². The molecule has 1 aliphatic heterocycles. The van der Waals surface area contributed by atoms with Gasteiger partial charge in [-0.15, -0.1) is 0 Å². The van der Waals surface area contributed by atoms with Crippen molar-refractivity contribution in [2.75, 3.05) is 6.61 Å². The SMILES string of the molecule is Cc1ccccc1C1(O)OCC(=O)[C@]2(CC[C@H]3[C@@H]4CCC5=CC(=O)C=C[C@]5(C)[C@H]4[C@@H](O)C[C@@]32C)O1. The highest BCUT2D eigenvalue weighted by molar-refractivity contribution is 6.01. The van der Waals surface area contributed by atoms with Crippen LogP contribution in [-0.4, -0.2) is 40.1 Å². The molecule has 3 saturated carbocycles. The lowest BCUT2D eigenvalue weighted by Crippen LogP contribution is -2.66. The first-order chi connectivity index (χ1) is 16.5. The molecule has 0 aromatic heterocycles. The monoisotopic (exact) mass is 478 g/mol. The number of Topliss-reactive ketones (excluding diaryl/α,β-unsaturated/α-hetero) is 1. The van der Waals surface area contributed by atoms with E-state index in [0.29, 0.717) is 18.4 Å². The van der Waals surface area contributed by atoms with Crippen molar-refractivity contribution in [1.29, 1.82) is 0 Å². The Bertz CT molecular complexity index is 1170. The molecule has 0 amide bonds. The molecule has 6 heteroatoms. The van der Waals surface area contributed by atoms with Crippen LogP contribution in [0, 0.1) is 35.5 Å². The highest BCUT2D eigenvalue weighted by atomic mass is 16.8. The van der Waals surface area contributed by atoms with Crippen LogP contribution in [0.5, 0.6) is 0 Å². The van der Waals surface area contributed by atoms with E-state index in [1.807, 2.05) is 31.2 Å². The Hall–Kier alpha value is -2.12. The van der Waals surface area contributed by atoms with Crippen LogP contribution in [0.1, 0.15) is 57.1 Å². The van der Waals surface area contributed by atoms with Gasteiger partial charge in [0.05, 0.1) is 6.10 Å². The topological polar surface area (TPSA) is 93.1 Å². The summed E-state index contributed by atoms with van der Waals surface area (Å²) >= 11 is 0. The number of benzene rings is 1. The number of aliphatic hydroxyl groups is 2. The molecule has 4 fully saturated rings. The van der Waals surface area contributed by atoms with Crippen molar-refractivity contribution in [1.82, 2.24) is 0 Å². The van der Waals surface area contributed by atoms with Gasteiger partial charge in [0.2, 0.25) is 0 Å². The number of allylic oxidation sites excluding steroid dienone is 4. The number of hydrogen-bond donors (Lipinski definition) is 2. The van der Waals surface area contributed by atoms with Gasteiger partial charge in [-0.25, -0.2) is 0 Å².